The van der Waals surface area contributed by atoms with Crippen LogP contribution < -0.4 is 0 Å². The molecule has 0 aliphatic rings. The van der Waals surface area contributed by atoms with Gasteiger partial charge in [0.05, 0.1) is 5.69 Å². The van der Waals surface area contributed by atoms with Crippen molar-refractivity contribution >= 4 is 27.7 Å². The number of pyridine rings is 1. The lowest BCUT2D eigenvalue weighted by Gasteiger charge is -2.14. The quantitative estimate of drug-likeness (QED) is 0.405. The molecule has 1 aromatic heterocycles. The van der Waals surface area contributed by atoms with Crippen LogP contribution in [0.2, 0.25) is 0 Å². The van der Waals surface area contributed by atoms with Gasteiger partial charge in [-0.2, -0.15) is 0 Å². The van der Waals surface area contributed by atoms with Crippen molar-refractivity contribution in [1.82, 2.24) is 4.98 Å². The lowest BCUT2D eigenvalue weighted by Crippen LogP contribution is -2.21. The minimum atomic E-state index is -0.560. The van der Waals surface area contributed by atoms with Crippen LogP contribution in [0, 0.1) is 6.92 Å². The molecule has 4 nitrogen and oxygen atoms in total. The summed E-state index contributed by atoms with van der Waals surface area (Å²) in [4.78, 5) is 28.8. The summed E-state index contributed by atoms with van der Waals surface area (Å²) in [6.07, 6.45) is 3.74. The van der Waals surface area contributed by atoms with E-state index in [0.717, 1.165) is 5.56 Å². The van der Waals surface area contributed by atoms with Crippen LogP contribution in [0.1, 0.15) is 34.0 Å². The van der Waals surface area contributed by atoms with Gasteiger partial charge in [0, 0.05) is 16.2 Å². The number of aromatic nitrogens is 1. The Morgan fingerprint density at radius 3 is 2.67 bits per heavy atom. The standard InChI is InChI=1S/C19H18BrNO3/c1-3-6-15(17-10-9-13(2)11-21-17)19(23)24-12-18(22)14-7-4-5-8-16(14)20/h3-5,7-11,15H,1,6,12H2,2H3. The van der Waals surface area contributed by atoms with E-state index >= 15 is 0 Å². The van der Waals surface area contributed by atoms with Gasteiger partial charge < -0.3 is 4.74 Å². The van der Waals surface area contributed by atoms with E-state index in [1.54, 1.807) is 36.5 Å². The molecule has 1 aromatic carbocycles. The molecule has 2 aromatic rings. The van der Waals surface area contributed by atoms with Gasteiger partial charge in [-0.25, -0.2) is 0 Å². The number of allylic oxidation sites excluding steroid dienone is 1. The largest absolute Gasteiger partial charge is 0.457 e. The van der Waals surface area contributed by atoms with Crippen LogP contribution in [0.5, 0.6) is 0 Å². The third-order valence-electron chi connectivity index (χ3n) is 3.50. The molecule has 0 spiro atoms. The Labute approximate surface area is 149 Å². The zero-order valence-corrected chi connectivity index (χ0v) is 15.0. The van der Waals surface area contributed by atoms with E-state index in [9.17, 15) is 9.59 Å². The smallest absolute Gasteiger partial charge is 0.315 e. The number of ether oxygens (including phenoxy) is 1. The minimum absolute atomic E-state index is 0.259. The maximum atomic E-state index is 12.4. The summed E-state index contributed by atoms with van der Waals surface area (Å²) < 4.78 is 5.89. The van der Waals surface area contributed by atoms with Crippen LogP contribution >= 0.6 is 15.9 Å². The van der Waals surface area contributed by atoms with Crippen molar-refractivity contribution in [2.45, 2.75) is 19.3 Å². The highest BCUT2D eigenvalue weighted by atomic mass is 79.9. The van der Waals surface area contributed by atoms with E-state index in [1.165, 1.54) is 0 Å². The Morgan fingerprint density at radius 1 is 1.29 bits per heavy atom. The van der Waals surface area contributed by atoms with Gasteiger partial charge in [0.1, 0.15) is 5.92 Å². The minimum Gasteiger partial charge on any atom is -0.457 e. The normalized spacial score (nSPS) is 11.6. The Balaban J connectivity index is 2.05. The van der Waals surface area contributed by atoms with Gasteiger partial charge in [-0.3, -0.25) is 14.6 Å². The number of nitrogens with zero attached hydrogens (tertiary/aromatic N) is 1. The molecule has 0 radical (unpaired) electrons. The predicted octanol–water partition coefficient (Wildman–Crippen LogP) is 4.24. The fraction of sp³-hybridized carbons (Fsp3) is 0.211. The number of carbonyl (C=O) groups is 2. The number of hydrogen-bond donors (Lipinski definition) is 0. The van der Waals surface area contributed by atoms with Gasteiger partial charge in [0.15, 0.2) is 6.61 Å². The summed E-state index contributed by atoms with van der Waals surface area (Å²) in [5, 5.41) is 0. The first kappa shape index (κ1) is 18.1. The summed E-state index contributed by atoms with van der Waals surface area (Å²) in [5.74, 6) is -1.30. The van der Waals surface area contributed by atoms with Gasteiger partial charge >= 0.3 is 5.97 Å². The maximum absolute atomic E-state index is 12.4. The number of aryl methyl sites for hydroxylation is 1. The van der Waals surface area contributed by atoms with Gasteiger partial charge in [0.25, 0.3) is 0 Å². The van der Waals surface area contributed by atoms with Crippen molar-refractivity contribution in [3.63, 3.8) is 0 Å². The molecule has 0 bridgehead atoms. The molecular weight excluding hydrogens is 370 g/mol. The van der Waals surface area contributed by atoms with E-state index in [-0.39, 0.29) is 12.4 Å². The Bertz CT molecular complexity index is 741. The average molecular weight is 388 g/mol. The van der Waals surface area contributed by atoms with Gasteiger partial charge in [0.2, 0.25) is 5.78 Å². The molecule has 0 N–H and O–H groups in total. The van der Waals surface area contributed by atoms with Crippen molar-refractivity contribution in [2.24, 2.45) is 0 Å². The lowest BCUT2D eigenvalue weighted by atomic mass is 10.0. The molecule has 2 rings (SSSR count). The molecule has 0 aliphatic carbocycles. The van der Waals surface area contributed by atoms with Crippen molar-refractivity contribution in [3.8, 4) is 0 Å². The van der Waals surface area contributed by atoms with E-state index in [2.05, 4.69) is 27.5 Å². The number of esters is 1. The average Bonchev–Trinajstić information content (AvgIpc) is 2.58. The summed E-state index contributed by atoms with van der Waals surface area (Å²) in [7, 11) is 0. The first-order chi connectivity index (χ1) is 11.5. The first-order valence-electron chi connectivity index (χ1n) is 7.50. The Kier molecular flexibility index (Phi) is 6.44. The molecule has 5 heteroatoms. The molecule has 1 atom stereocenters. The van der Waals surface area contributed by atoms with Crippen LogP contribution in [-0.4, -0.2) is 23.3 Å². The highest BCUT2D eigenvalue weighted by molar-refractivity contribution is 9.10. The van der Waals surface area contributed by atoms with E-state index in [1.807, 2.05) is 19.1 Å². The molecule has 0 saturated carbocycles. The van der Waals surface area contributed by atoms with E-state index in [0.29, 0.717) is 22.2 Å². The van der Waals surface area contributed by atoms with Gasteiger partial charge in [-0.05, 0) is 31.0 Å². The topological polar surface area (TPSA) is 56.3 Å². The van der Waals surface area contributed by atoms with E-state index < -0.39 is 11.9 Å². The van der Waals surface area contributed by atoms with Crippen LogP contribution in [0.25, 0.3) is 0 Å². The van der Waals surface area contributed by atoms with Crippen molar-refractivity contribution in [1.29, 1.82) is 0 Å². The predicted molar refractivity (Wildman–Crippen MR) is 96.0 cm³/mol. The summed E-state index contributed by atoms with van der Waals surface area (Å²) in [6.45, 7) is 5.29. The Morgan fingerprint density at radius 2 is 2.04 bits per heavy atom. The number of carbonyl (C=O) groups excluding carboxylic acids is 2. The van der Waals surface area contributed by atoms with Crippen molar-refractivity contribution in [3.05, 3.63) is 76.5 Å². The second-order valence-corrected chi connectivity index (χ2v) is 6.20. The second-order valence-electron chi connectivity index (χ2n) is 5.35. The van der Waals surface area contributed by atoms with Crippen LogP contribution in [0.3, 0.4) is 0 Å². The number of rotatable bonds is 7. The van der Waals surface area contributed by atoms with Crippen molar-refractivity contribution < 1.29 is 14.3 Å². The monoisotopic (exact) mass is 387 g/mol. The molecule has 124 valence electrons. The third kappa shape index (κ3) is 4.61. The van der Waals surface area contributed by atoms with Crippen molar-refractivity contribution in [2.75, 3.05) is 6.61 Å². The van der Waals surface area contributed by atoms with Crippen LogP contribution in [0.4, 0.5) is 0 Å². The van der Waals surface area contributed by atoms with Gasteiger partial charge in [-0.15, -0.1) is 6.58 Å². The molecular formula is C19H18BrNO3. The zero-order chi connectivity index (χ0) is 17.5. The third-order valence-corrected chi connectivity index (χ3v) is 4.19. The summed E-state index contributed by atoms with van der Waals surface area (Å²) in [5.41, 5.74) is 2.10. The van der Waals surface area contributed by atoms with Crippen LogP contribution in [-0.2, 0) is 9.53 Å². The molecule has 24 heavy (non-hydrogen) atoms. The molecule has 1 unspecified atom stereocenters. The number of Topliss-reactive ketones (excluding diaryl/α,β-unsaturated/α-hetero) is 1. The van der Waals surface area contributed by atoms with Crippen LogP contribution in [0.15, 0.2) is 59.7 Å². The number of hydrogen-bond acceptors (Lipinski definition) is 4. The SMILES string of the molecule is C=CCC(C(=O)OCC(=O)c1ccccc1Br)c1ccc(C)cn1. The highest BCUT2D eigenvalue weighted by Crippen LogP contribution is 2.21. The summed E-state index contributed by atoms with van der Waals surface area (Å²) in [6, 6.07) is 10.7. The molecule has 0 saturated heterocycles. The fourth-order valence-electron chi connectivity index (χ4n) is 2.19. The maximum Gasteiger partial charge on any atom is 0.315 e. The molecule has 0 amide bonds. The number of benzene rings is 1. The lowest BCUT2D eigenvalue weighted by molar-refractivity contribution is -0.144. The molecule has 1 heterocycles. The fourth-order valence-corrected chi connectivity index (χ4v) is 2.70. The zero-order valence-electron chi connectivity index (χ0n) is 13.4. The second kappa shape index (κ2) is 8.55. The molecule has 0 aliphatic heterocycles. The Hall–Kier alpha value is -2.27. The number of ketones is 1. The van der Waals surface area contributed by atoms with Gasteiger partial charge in [-0.1, -0.05) is 46.3 Å². The summed E-state index contributed by atoms with van der Waals surface area (Å²) >= 11 is 3.32. The molecule has 0 fully saturated rings. The first-order valence-corrected chi connectivity index (χ1v) is 8.30. The number of halogens is 1. The van der Waals surface area contributed by atoms with E-state index in [4.69, 9.17) is 4.74 Å². The highest BCUT2D eigenvalue weighted by Gasteiger charge is 2.23.